The van der Waals surface area contributed by atoms with Crippen LogP contribution in [-0.2, 0) is 10.4 Å². The van der Waals surface area contributed by atoms with E-state index < -0.39 is 11.5 Å². The summed E-state index contributed by atoms with van der Waals surface area (Å²) in [6.45, 7) is 19.1. The maximum Gasteiger partial charge on any atom is 0.268 e. The van der Waals surface area contributed by atoms with E-state index in [0.717, 1.165) is 24.2 Å². The number of benzene rings is 2. The molecule has 6 heteroatoms. The molecule has 0 saturated heterocycles. The molecular weight excluding hydrogens is 496 g/mol. The highest BCUT2D eigenvalue weighted by atomic mass is 35.5. The van der Waals surface area contributed by atoms with Crippen molar-refractivity contribution in [3.63, 3.8) is 0 Å². The SMILES string of the molecule is C=CC=C.C=Cc1ccc(C2(O)C(=O)N(CCN(CC)CC)c3cc(C#CCO)cc(Cl)c32)cc1/C=C\C. The van der Waals surface area contributed by atoms with E-state index in [1.807, 2.05) is 31.2 Å². The first-order valence-corrected chi connectivity index (χ1v) is 13.0. The van der Waals surface area contributed by atoms with E-state index in [1.54, 1.807) is 41.3 Å². The lowest BCUT2D eigenvalue weighted by Gasteiger charge is -2.26. The first-order valence-electron chi connectivity index (χ1n) is 12.6. The Bertz CT molecular complexity index is 1260. The van der Waals surface area contributed by atoms with E-state index in [2.05, 4.69) is 50.3 Å². The van der Waals surface area contributed by atoms with E-state index in [1.165, 1.54) is 0 Å². The van der Waals surface area contributed by atoms with Crippen LogP contribution in [0.15, 0.2) is 68.3 Å². The summed E-state index contributed by atoms with van der Waals surface area (Å²) >= 11 is 6.69. The molecule has 1 amide bonds. The minimum absolute atomic E-state index is 0.251. The number of carbonyl (C=O) groups excluding carboxylic acids is 1. The van der Waals surface area contributed by atoms with E-state index in [0.29, 0.717) is 35.5 Å². The Labute approximate surface area is 232 Å². The maximum absolute atomic E-state index is 13.9. The van der Waals surface area contributed by atoms with Gasteiger partial charge in [-0.3, -0.25) is 4.79 Å². The Kier molecular flexibility index (Phi) is 11.8. The average molecular weight is 533 g/mol. The van der Waals surface area contributed by atoms with Crippen molar-refractivity contribution < 1.29 is 15.0 Å². The van der Waals surface area contributed by atoms with Gasteiger partial charge in [-0.25, -0.2) is 0 Å². The number of allylic oxidation sites excluding steroid dienone is 3. The highest BCUT2D eigenvalue weighted by Crippen LogP contribution is 2.48. The van der Waals surface area contributed by atoms with Crippen LogP contribution < -0.4 is 4.90 Å². The molecule has 1 unspecified atom stereocenters. The molecule has 2 aromatic carbocycles. The van der Waals surface area contributed by atoms with Crippen LogP contribution in [0, 0.1) is 11.8 Å². The van der Waals surface area contributed by atoms with Crippen molar-refractivity contribution in [3.05, 3.63) is 101 Å². The number of halogens is 1. The van der Waals surface area contributed by atoms with Gasteiger partial charge in [0.05, 0.1) is 10.7 Å². The largest absolute Gasteiger partial charge is 0.384 e. The van der Waals surface area contributed by atoms with Crippen LogP contribution in [0.4, 0.5) is 5.69 Å². The number of hydrogen-bond acceptors (Lipinski definition) is 4. The number of aliphatic hydroxyl groups excluding tert-OH is 1. The van der Waals surface area contributed by atoms with Gasteiger partial charge in [0.2, 0.25) is 0 Å². The van der Waals surface area contributed by atoms with E-state index in [-0.39, 0.29) is 11.6 Å². The van der Waals surface area contributed by atoms with Gasteiger partial charge in [0, 0.05) is 24.2 Å². The number of rotatable bonds is 9. The standard InChI is InChI=1S/C28H31ClN2O3.C4H6/c1-5-10-22-19-23(13-12-21(22)6-2)28(34)26-24(29)17-20(11-9-16-32)18-25(26)31(27(28)33)15-14-30(7-3)8-4;1-3-4-2/h5-6,10,12-13,17-19,32,34H,2,7-8,14-16H2,1,3-4H3;3-4H,1-2H2/b10-5-;. The van der Waals surface area contributed by atoms with Crippen molar-refractivity contribution in [3.8, 4) is 11.8 Å². The Morgan fingerprint density at radius 1 is 1.11 bits per heavy atom. The van der Waals surface area contributed by atoms with Gasteiger partial charge < -0.3 is 20.0 Å². The molecule has 2 aromatic rings. The highest BCUT2D eigenvalue weighted by molar-refractivity contribution is 6.33. The first-order chi connectivity index (χ1) is 18.3. The molecule has 2 N–H and O–H groups in total. The van der Waals surface area contributed by atoms with E-state index >= 15 is 0 Å². The number of aliphatic hydroxyl groups is 2. The lowest BCUT2D eigenvalue weighted by Crippen LogP contribution is -2.44. The second-order valence-electron chi connectivity index (χ2n) is 8.53. The fourth-order valence-electron chi connectivity index (χ4n) is 4.37. The summed E-state index contributed by atoms with van der Waals surface area (Å²) in [4.78, 5) is 17.7. The van der Waals surface area contributed by atoms with Gasteiger partial charge in [-0.05, 0) is 54.9 Å². The molecule has 0 fully saturated rings. The molecule has 5 nitrogen and oxygen atoms in total. The molecule has 1 heterocycles. The van der Waals surface area contributed by atoms with Crippen LogP contribution >= 0.6 is 11.6 Å². The smallest absolute Gasteiger partial charge is 0.268 e. The predicted molar refractivity (Wildman–Crippen MR) is 160 cm³/mol. The monoisotopic (exact) mass is 532 g/mol. The van der Waals surface area contributed by atoms with Crippen LogP contribution in [0.1, 0.15) is 48.6 Å². The quantitative estimate of drug-likeness (QED) is 0.324. The Morgan fingerprint density at radius 2 is 1.79 bits per heavy atom. The normalized spacial score (nSPS) is 16.0. The van der Waals surface area contributed by atoms with Gasteiger partial charge in [0.15, 0.2) is 5.60 Å². The highest BCUT2D eigenvalue weighted by Gasteiger charge is 2.52. The summed E-state index contributed by atoms with van der Waals surface area (Å²) < 4.78 is 0. The number of anilines is 1. The second kappa shape index (κ2) is 14.5. The Hall–Kier alpha value is -3.40. The molecule has 0 aliphatic carbocycles. The van der Waals surface area contributed by atoms with Crippen molar-refractivity contribution in [2.45, 2.75) is 26.4 Å². The molecule has 1 atom stereocenters. The fraction of sp³-hybridized carbons (Fsp3) is 0.281. The van der Waals surface area contributed by atoms with Gasteiger partial charge in [-0.2, -0.15) is 0 Å². The lowest BCUT2D eigenvalue weighted by molar-refractivity contribution is -0.132. The minimum Gasteiger partial charge on any atom is -0.384 e. The number of carbonyl (C=O) groups is 1. The number of hydrogen-bond donors (Lipinski definition) is 2. The molecule has 200 valence electrons. The van der Waals surface area contributed by atoms with Crippen molar-refractivity contribution in [1.29, 1.82) is 0 Å². The van der Waals surface area contributed by atoms with Crippen molar-refractivity contribution >= 4 is 35.3 Å². The molecule has 1 aliphatic heterocycles. The summed E-state index contributed by atoms with van der Waals surface area (Å²) in [5.74, 6) is 5.04. The van der Waals surface area contributed by atoms with Crippen LogP contribution in [0.5, 0.6) is 0 Å². The molecule has 0 bridgehead atoms. The first kappa shape index (κ1) is 30.8. The molecular formula is C32H37ClN2O3. The molecule has 0 saturated carbocycles. The van der Waals surface area contributed by atoms with Gasteiger partial charge in [-0.15, -0.1) is 0 Å². The third kappa shape index (κ3) is 6.53. The molecule has 0 spiro atoms. The number of amides is 1. The summed E-state index contributed by atoms with van der Waals surface area (Å²) in [6, 6.07) is 8.78. The van der Waals surface area contributed by atoms with Crippen molar-refractivity contribution in [1.82, 2.24) is 4.90 Å². The Balaban J connectivity index is 0.00000118. The van der Waals surface area contributed by atoms with Crippen LogP contribution in [0.3, 0.4) is 0 Å². The average Bonchev–Trinajstić information content (AvgIpc) is 3.15. The van der Waals surface area contributed by atoms with Crippen LogP contribution in [-0.4, -0.2) is 53.8 Å². The van der Waals surface area contributed by atoms with Crippen LogP contribution in [0.2, 0.25) is 5.02 Å². The predicted octanol–water partition coefficient (Wildman–Crippen LogP) is 5.64. The molecule has 0 radical (unpaired) electrons. The second-order valence-corrected chi connectivity index (χ2v) is 8.93. The topological polar surface area (TPSA) is 64.0 Å². The summed E-state index contributed by atoms with van der Waals surface area (Å²) in [5.41, 5.74) is 1.71. The molecule has 38 heavy (non-hydrogen) atoms. The molecule has 3 rings (SSSR count). The summed E-state index contributed by atoms with van der Waals surface area (Å²) in [5, 5.41) is 21.4. The number of fused-ring (bicyclic) bond motifs is 1. The maximum atomic E-state index is 13.9. The van der Waals surface area contributed by atoms with Gasteiger partial charge in [-0.1, -0.05) is 99.5 Å². The summed E-state index contributed by atoms with van der Waals surface area (Å²) in [6.07, 6.45) is 8.83. The van der Waals surface area contributed by atoms with Gasteiger partial charge in [0.25, 0.3) is 5.91 Å². The van der Waals surface area contributed by atoms with Gasteiger partial charge >= 0.3 is 0 Å². The van der Waals surface area contributed by atoms with Crippen LogP contribution in [0.25, 0.3) is 12.2 Å². The molecule has 0 aromatic heterocycles. The van der Waals surface area contributed by atoms with Crippen molar-refractivity contribution in [2.75, 3.05) is 37.7 Å². The number of likely N-dealkylation sites (N-methyl/N-ethyl adjacent to an activating group) is 1. The fourth-order valence-corrected chi connectivity index (χ4v) is 4.72. The van der Waals surface area contributed by atoms with E-state index in [4.69, 9.17) is 16.7 Å². The van der Waals surface area contributed by atoms with Crippen molar-refractivity contribution in [2.24, 2.45) is 0 Å². The lowest BCUT2D eigenvalue weighted by atomic mass is 9.85. The number of nitrogens with zero attached hydrogens (tertiary/aromatic N) is 2. The zero-order valence-electron chi connectivity index (χ0n) is 22.5. The third-order valence-electron chi connectivity index (χ3n) is 6.36. The zero-order chi connectivity index (χ0) is 28.3. The third-order valence-corrected chi connectivity index (χ3v) is 6.66. The summed E-state index contributed by atoms with van der Waals surface area (Å²) in [7, 11) is 0. The zero-order valence-corrected chi connectivity index (χ0v) is 23.3. The molecule has 1 aliphatic rings. The minimum atomic E-state index is -1.94. The van der Waals surface area contributed by atoms with Gasteiger partial charge in [0.1, 0.15) is 6.61 Å². The Morgan fingerprint density at radius 3 is 2.34 bits per heavy atom. The van der Waals surface area contributed by atoms with E-state index in [9.17, 15) is 9.90 Å².